The van der Waals surface area contributed by atoms with Gasteiger partial charge in [-0.15, -0.1) is 13.2 Å². The lowest BCUT2D eigenvalue weighted by Gasteiger charge is -2.10. The summed E-state index contributed by atoms with van der Waals surface area (Å²) < 4.78 is 52.9. The molecule has 0 aromatic heterocycles. The molecule has 0 aliphatic rings. The maximum atomic E-state index is 12.8. The molecule has 0 atom stereocenters. The van der Waals surface area contributed by atoms with Gasteiger partial charge in [-0.1, -0.05) is 12.1 Å². The number of hydrogen-bond acceptors (Lipinski definition) is 2. The van der Waals surface area contributed by atoms with Crippen LogP contribution in [-0.4, -0.2) is 11.5 Å². The summed E-state index contributed by atoms with van der Waals surface area (Å²) in [5, 5.41) is 9.57. The summed E-state index contributed by atoms with van der Waals surface area (Å²) in [5.74, 6) is -1.40. The molecule has 0 fully saturated rings. The van der Waals surface area contributed by atoms with Crippen LogP contribution in [-0.2, 0) is 0 Å². The van der Waals surface area contributed by atoms with Crippen molar-refractivity contribution in [2.45, 2.75) is 6.36 Å². The number of aromatic hydroxyl groups is 1. The molecule has 0 heterocycles. The molecule has 0 spiro atoms. The topological polar surface area (TPSA) is 29.5 Å². The average molecular weight is 272 g/mol. The highest BCUT2D eigenvalue weighted by Gasteiger charge is 2.31. The van der Waals surface area contributed by atoms with Gasteiger partial charge in [0.25, 0.3) is 0 Å². The van der Waals surface area contributed by atoms with Crippen molar-refractivity contribution in [3.63, 3.8) is 0 Å². The monoisotopic (exact) mass is 272 g/mol. The third-order valence-corrected chi connectivity index (χ3v) is 2.34. The molecule has 0 aliphatic heterocycles. The predicted octanol–water partition coefficient (Wildman–Crippen LogP) is 4.10. The lowest BCUT2D eigenvalue weighted by Crippen LogP contribution is -2.17. The Kier molecular flexibility index (Phi) is 3.33. The van der Waals surface area contributed by atoms with Gasteiger partial charge in [0.15, 0.2) is 0 Å². The first kappa shape index (κ1) is 13.2. The van der Waals surface area contributed by atoms with E-state index in [2.05, 4.69) is 4.74 Å². The molecule has 2 aromatic carbocycles. The van der Waals surface area contributed by atoms with Gasteiger partial charge in [-0.2, -0.15) is 0 Å². The fourth-order valence-electron chi connectivity index (χ4n) is 1.61. The number of phenolic OH excluding ortho intramolecular Hbond substituents is 1. The molecule has 6 heteroatoms. The molecule has 0 aliphatic carbocycles. The Morgan fingerprint density at radius 3 is 2.37 bits per heavy atom. The summed E-state index contributed by atoms with van der Waals surface area (Å²) >= 11 is 0. The summed E-state index contributed by atoms with van der Waals surface area (Å²) in [6, 6.07) is 8.34. The number of alkyl halides is 3. The van der Waals surface area contributed by atoms with Crippen LogP contribution in [0.1, 0.15) is 0 Å². The summed E-state index contributed by atoms with van der Waals surface area (Å²) in [6.07, 6.45) is -4.79. The van der Waals surface area contributed by atoms with Gasteiger partial charge in [0.2, 0.25) is 0 Å². The van der Waals surface area contributed by atoms with Crippen molar-refractivity contribution in [1.29, 1.82) is 0 Å². The van der Waals surface area contributed by atoms with Crippen molar-refractivity contribution >= 4 is 0 Å². The van der Waals surface area contributed by atoms with E-state index in [-0.39, 0.29) is 11.3 Å². The Hall–Kier alpha value is -2.24. The SMILES string of the molecule is Oc1cc(F)ccc1-c1cccc(OC(F)(F)F)c1. The van der Waals surface area contributed by atoms with Gasteiger partial charge in [-0.3, -0.25) is 0 Å². The molecule has 0 radical (unpaired) electrons. The molecule has 2 aromatic rings. The number of benzene rings is 2. The van der Waals surface area contributed by atoms with Gasteiger partial charge >= 0.3 is 6.36 Å². The van der Waals surface area contributed by atoms with E-state index in [0.717, 1.165) is 24.3 Å². The highest BCUT2D eigenvalue weighted by molar-refractivity contribution is 5.71. The van der Waals surface area contributed by atoms with Gasteiger partial charge in [-0.05, 0) is 29.8 Å². The number of rotatable bonds is 2. The first-order valence-electron chi connectivity index (χ1n) is 5.20. The van der Waals surface area contributed by atoms with Crippen LogP contribution in [0.25, 0.3) is 11.1 Å². The van der Waals surface area contributed by atoms with Crippen LogP contribution in [0.5, 0.6) is 11.5 Å². The van der Waals surface area contributed by atoms with Crippen LogP contribution in [0.4, 0.5) is 17.6 Å². The van der Waals surface area contributed by atoms with E-state index in [1.165, 1.54) is 18.2 Å². The average Bonchev–Trinajstić information content (AvgIpc) is 2.26. The second-order valence-corrected chi connectivity index (χ2v) is 3.74. The van der Waals surface area contributed by atoms with Crippen LogP contribution in [0.3, 0.4) is 0 Å². The molecule has 0 bridgehead atoms. The zero-order chi connectivity index (χ0) is 14.0. The zero-order valence-electron chi connectivity index (χ0n) is 9.41. The van der Waals surface area contributed by atoms with Crippen LogP contribution in [0, 0.1) is 5.82 Å². The van der Waals surface area contributed by atoms with Gasteiger partial charge in [0, 0.05) is 11.6 Å². The molecule has 0 amide bonds. The normalized spacial score (nSPS) is 11.4. The van der Waals surface area contributed by atoms with E-state index in [4.69, 9.17) is 0 Å². The third-order valence-electron chi connectivity index (χ3n) is 2.34. The van der Waals surface area contributed by atoms with Gasteiger partial charge in [0.1, 0.15) is 17.3 Å². The number of halogens is 4. The first-order chi connectivity index (χ1) is 8.85. The fourth-order valence-corrected chi connectivity index (χ4v) is 1.61. The quantitative estimate of drug-likeness (QED) is 0.834. The third kappa shape index (κ3) is 3.37. The highest BCUT2D eigenvalue weighted by atomic mass is 19.4. The number of phenols is 1. The summed E-state index contributed by atoms with van der Waals surface area (Å²) in [6.45, 7) is 0. The van der Waals surface area contributed by atoms with Crippen LogP contribution in [0.15, 0.2) is 42.5 Å². The second-order valence-electron chi connectivity index (χ2n) is 3.74. The van der Waals surface area contributed by atoms with Gasteiger partial charge < -0.3 is 9.84 Å². The van der Waals surface area contributed by atoms with E-state index in [1.54, 1.807) is 0 Å². The maximum absolute atomic E-state index is 12.8. The molecule has 2 nitrogen and oxygen atoms in total. The molecule has 100 valence electrons. The zero-order valence-corrected chi connectivity index (χ0v) is 9.41. The van der Waals surface area contributed by atoms with E-state index < -0.39 is 17.9 Å². The minimum Gasteiger partial charge on any atom is -0.507 e. The van der Waals surface area contributed by atoms with Crippen LogP contribution >= 0.6 is 0 Å². The van der Waals surface area contributed by atoms with E-state index in [1.807, 2.05) is 0 Å². The summed E-state index contributed by atoms with van der Waals surface area (Å²) in [5.41, 5.74) is 0.508. The smallest absolute Gasteiger partial charge is 0.507 e. The second kappa shape index (κ2) is 4.79. The fraction of sp³-hybridized carbons (Fsp3) is 0.0769. The predicted molar refractivity (Wildman–Crippen MR) is 60.2 cm³/mol. The van der Waals surface area contributed by atoms with Crippen molar-refractivity contribution < 1.29 is 27.4 Å². The molecule has 1 N–H and O–H groups in total. The minimum atomic E-state index is -4.79. The largest absolute Gasteiger partial charge is 0.573 e. The maximum Gasteiger partial charge on any atom is 0.573 e. The molecular weight excluding hydrogens is 264 g/mol. The van der Waals surface area contributed by atoms with E-state index in [0.29, 0.717) is 5.56 Å². The van der Waals surface area contributed by atoms with Gasteiger partial charge in [0.05, 0.1) is 0 Å². The van der Waals surface area contributed by atoms with Crippen molar-refractivity contribution in [3.05, 3.63) is 48.3 Å². The number of ether oxygens (including phenoxy) is 1. The standard InChI is InChI=1S/C13H8F4O2/c14-9-4-5-11(12(18)7-9)8-2-1-3-10(6-8)19-13(15,16)17/h1-7,18H. The molecule has 19 heavy (non-hydrogen) atoms. The lowest BCUT2D eigenvalue weighted by molar-refractivity contribution is -0.274. The Morgan fingerprint density at radius 1 is 1.00 bits per heavy atom. The Labute approximate surface area is 105 Å². The highest BCUT2D eigenvalue weighted by Crippen LogP contribution is 2.33. The summed E-state index contributed by atoms with van der Waals surface area (Å²) in [4.78, 5) is 0. The lowest BCUT2D eigenvalue weighted by atomic mass is 10.0. The van der Waals surface area contributed by atoms with Crippen LogP contribution in [0.2, 0.25) is 0 Å². The van der Waals surface area contributed by atoms with Crippen molar-refractivity contribution in [3.8, 4) is 22.6 Å². The van der Waals surface area contributed by atoms with Crippen LogP contribution < -0.4 is 4.74 Å². The Morgan fingerprint density at radius 2 is 1.74 bits per heavy atom. The minimum absolute atomic E-state index is 0.217. The Bertz CT molecular complexity index is 593. The molecule has 0 unspecified atom stereocenters. The van der Waals surface area contributed by atoms with Crippen molar-refractivity contribution in [2.75, 3.05) is 0 Å². The van der Waals surface area contributed by atoms with Crippen molar-refractivity contribution in [1.82, 2.24) is 0 Å². The van der Waals surface area contributed by atoms with Gasteiger partial charge in [-0.25, -0.2) is 4.39 Å². The summed E-state index contributed by atoms with van der Waals surface area (Å²) in [7, 11) is 0. The number of hydrogen-bond donors (Lipinski definition) is 1. The molecular formula is C13H8F4O2. The molecule has 2 rings (SSSR count). The van der Waals surface area contributed by atoms with E-state index >= 15 is 0 Å². The molecule has 0 saturated carbocycles. The first-order valence-corrected chi connectivity index (χ1v) is 5.20. The molecule has 0 saturated heterocycles. The van der Waals surface area contributed by atoms with E-state index in [9.17, 15) is 22.7 Å². The van der Waals surface area contributed by atoms with Crippen molar-refractivity contribution in [2.24, 2.45) is 0 Å². The Balaban J connectivity index is 2.38.